The van der Waals surface area contributed by atoms with Crippen molar-refractivity contribution in [1.29, 1.82) is 0 Å². The zero-order valence-electron chi connectivity index (χ0n) is 8.95. The molecule has 2 aliphatic carbocycles. The van der Waals surface area contributed by atoms with Crippen LogP contribution >= 0.6 is 0 Å². The Morgan fingerprint density at radius 3 is 2.80 bits per heavy atom. The molecule has 0 bridgehead atoms. The summed E-state index contributed by atoms with van der Waals surface area (Å²) in [5.74, 6) is -0.0648. The van der Waals surface area contributed by atoms with Crippen LogP contribution in [0.25, 0.3) is 0 Å². The van der Waals surface area contributed by atoms with Gasteiger partial charge in [-0.25, -0.2) is 0 Å². The van der Waals surface area contributed by atoms with E-state index in [1.54, 1.807) is 0 Å². The molecule has 2 aliphatic rings. The van der Waals surface area contributed by atoms with E-state index >= 15 is 0 Å². The number of allylic oxidation sites excluding steroid dienone is 4. The van der Waals surface area contributed by atoms with Crippen LogP contribution in [0, 0.1) is 11.3 Å². The molecule has 0 N–H and O–H groups in total. The largest absolute Gasteiger partial charge is 0.493 e. The van der Waals surface area contributed by atoms with Gasteiger partial charge in [0.2, 0.25) is 5.78 Å². The molecule has 0 heterocycles. The molecule has 2 rings (SSSR count). The van der Waals surface area contributed by atoms with E-state index in [1.165, 1.54) is 13.2 Å². The molecule has 3 nitrogen and oxygen atoms in total. The van der Waals surface area contributed by atoms with Gasteiger partial charge in [-0.1, -0.05) is 19.1 Å². The lowest BCUT2D eigenvalue weighted by molar-refractivity contribution is -0.138. The number of hydrogen-bond donors (Lipinski definition) is 0. The highest BCUT2D eigenvalue weighted by atomic mass is 16.5. The fourth-order valence-electron chi connectivity index (χ4n) is 2.32. The Labute approximate surface area is 88.8 Å². The van der Waals surface area contributed by atoms with Gasteiger partial charge in [0.15, 0.2) is 11.5 Å². The second-order valence-electron chi connectivity index (χ2n) is 4.32. The third kappa shape index (κ3) is 1.34. The molecule has 0 saturated heterocycles. The van der Waals surface area contributed by atoms with Gasteiger partial charge in [-0.3, -0.25) is 9.59 Å². The number of ether oxygens (including phenoxy) is 1. The van der Waals surface area contributed by atoms with Gasteiger partial charge in [-0.15, -0.1) is 0 Å². The highest BCUT2D eigenvalue weighted by Gasteiger charge is 2.48. The second kappa shape index (κ2) is 3.33. The zero-order chi connectivity index (χ0) is 11.1. The van der Waals surface area contributed by atoms with E-state index in [-0.39, 0.29) is 23.2 Å². The third-order valence-electron chi connectivity index (χ3n) is 3.45. The SMILES string of the molecule is COC1=CC(=O)[C@@]2(C)CC=CC[C@@H]2C1=O. The number of Topliss-reactive ketones (excluding diaryl/α,β-unsaturated/α-hetero) is 1. The molecule has 2 atom stereocenters. The standard InChI is InChI=1S/C12H14O3/c1-12-6-4-3-5-8(12)11(14)9(15-2)7-10(12)13/h3-4,7-8H,5-6H2,1-2H3/t8-,12+/m1/s1. The van der Waals surface area contributed by atoms with Crippen LogP contribution in [-0.2, 0) is 14.3 Å². The smallest absolute Gasteiger partial charge is 0.201 e. The molecule has 3 heteroatoms. The lowest BCUT2D eigenvalue weighted by atomic mass is 9.63. The Morgan fingerprint density at radius 1 is 1.40 bits per heavy atom. The van der Waals surface area contributed by atoms with Gasteiger partial charge in [0.1, 0.15) is 0 Å². The summed E-state index contributed by atoms with van der Waals surface area (Å²) in [7, 11) is 1.43. The van der Waals surface area contributed by atoms with Crippen LogP contribution in [-0.4, -0.2) is 18.7 Å². The Bertz CT molecular complexity index is 378. The van der Waals surface area contributed by atoms with Gasteiger partial charge >= 0.3 is 0 Å². The highest BCUT2D eigenvalue weighted by Crippen LogP contribution is 2.43. The molecule has 0 aromatic carbocycles. The third-order valence-corrected chi connectivity index (χ3v) is 3.45. The van der Waals surface area contributed by atoms with Gasteiger partial charge in [-0.05, 0) is 12.8 Å². The van der Waals surface area contributed by atoms with Crippen LogP contribution in [0.3, 0.4) is 0 Å². The maximum atomic E-state index is 12.0. The molecule has 0 aromatic heterocycles. The lowest BCUT2D eigenvalue weighted by Crippen LogP contribution is -2.44. The first-order valence-corrected chi connectivity index (χ1v) is 5.09. The monoisotopic (exact) mass is 206 g/mol. The van der Waals surface area contributed by atoms with Crippen molar-refractivity contribution >= 4 is 11.6 Å². The fraction of sp³-hybridized carbons (Fsp3) is 0.500. The van der Waals surface area contributed by atoms with Crippen molar-refractivity contribution in [3.63, 3.8) is 0 Å². The first kappa shape index (κ1) is 10.1. The van der Waals surface area contributed by atoms with Crippen molar-refractivity contribution in [3.05, 3.63) is 24.0 Å². The van der Waals surface area contributed by atoms with E-state index in [2.05, 4.69) is 0 Å². The molecule has 0 amide bonds. The molecule has 0 aromatic rings. The molecule has 0 fully saturated rings. The fourth-order valence-corrected chi connectivity index (χ4v) is 2.32. The molecular weight excluding hydrogens is 192 g/mol. The van der Waals surface area contributed by atoms with Gasteiger partial charge in [0, 0.05) is 17.4 Å². The maximum Gasteiger partial charge on any atom is 0.201 e. The van der Waals surface area contributed by atoms with Crippen LogP contribution in [0.1, 0.15) is 19.8 Å². The lowest BCUT2D eigenvalue weighted by Gasteiger charge is -2.38. The van der Waals surface area contributed by atoms with Crippen molar-refractivity contribution in [2.75, 3.05) is 7.11 Å². The molecule has 0 radical (unpaired) electrons. The molecule has 0 saturated carbocycles. The predicted octanol–water partition coefficient (Wildman–Crippen LogP) is 1.64. The Morgan fingerprint density at radius 2 is 2.13 bits per heavy atom. The summed E-state index contributed by atoms with van der Waals surface area (Å²) < 4.78 is 4.93. The van der Waals surface area contributed by atoms with Crippen LogP contribution in [0.5, 0.6) is 0 Å². The van der Waals surface area contributed by atoms with Crippen molar-refractivity contribution in [1.82, 2.24) is 0 Å². The number of ketones is 2. The van der Waals surface area contributed by atoms with Crippen molar-refractivity contribution in [3.8, 4) is 0 Å². The van der Waals surface area contributed by atoms with Gasteiger partial charge in [-0.2, -0.15) is 0 Å². The van der Waals surface area contributed by atoms with Gasteiger partial charge in [0.05, 0.1) is 7.11 Å². The van der Waals surface area contributed by atoms with Gasteiger partial charge in [0.25, 0.3) is 0 Å². The van der Waals surface area contributed by atoms with Crippen molar-refractivity contribution < 1.29 is 14.3 Å². The molecule has 80 valence electrons. The summed E-state index contributed by atoms with van der Waals surface area (Å²) in [5, 5.41) is 0. The summed E-state index contributed by atoms with van der Waals surface area (Å²) in [6, 6.07) is 0. The molecular formula is C12H14O3. The van der Waals surface area contributed by atoms with E-state index < -0.39 is 5.41 Å². The molecule has 15 heavy (non-hydrogen) atoms. The average molecular weight is 206 g/mol. The quantitative estimate of drug-likeness (QED) is 0.612. The summed E-state index contributed by atoms with van der Waals surface area (Å²) in [6.45, 7) is 1.87. The van der Waals surface area contributed by atoms with Crippen LogP contribution in [0.15, 0.2) is 24.0 Å². The van der Waals surface area contributed by atoms with Crippen molar-refractivity contribution in [2.45, 2.75) is 19.8 Å². The summed E-state index contributed by atoms with van der Waals surface area (Å²) in [4.78, 5) is 23.9. The summed E-state index contributed by atoms with van der Waals surface area (Å²) in [5.41, 5.74) is -0.548. The van der Waals surface area contributed by atoms with E-state index in [4.69, 9.17) is 4.74 Å². The topological polar surface area (TPSA) is 43.4 Å². The molecule has 0 aliphatic heterocycles. The number of carbonyl (C=O) groups is 2. The predicted molar refractivity (Wildman–Crippen MR) is 55.1 cm³/mol. The van der Waals surface area contributed by atoms with Crippen LogP contribution in [0.2, 0.25) is 0 Å². The number of methoxy groups -OCH3 is 1. The van der Waals surface area contributed by atoms with Crippen molar-refractivity contribution in [2.24, 2.45) is 11.3 Å². The highest BCUT2D eigenvalue weighted by molar-refractivity contribution is 6.11. The second-order valence-corrected chi connectivity index (χ2v) is 4.32. The van der Waals surface area contributed by atoms with Crippen LogP contribution in [0.4, 0.5) is 0 Å². The maximum absolute atomic E-state index is 12.0. The average Bonchev–Trinajstić information content (AvgIpc) is 2.24. The van der Waals surface area contributed by atoms with E-state index in [1.807, 2.05) is 19.1 Å². The number of hydrogen-bond acceptors (Lipinski definition) is 3. The Kier molecular flexibility index (Phi) is 2.25. The van der Waals surface area contributed by atoms with Gasteiger partial charge < -0.3 is 4.74 Å². The Balaban J connectivity index is 2.46. The molecule has 0 unspecified atom stereocenters. The summed E-state index contributed by atoms with van der Waals surface area (Å²) in [6.07, 6.45) is 6.58. The van der Waals surface area contributed by atoms with Crippen LogP contribution < -0.4 is 0 Å². The van der Waals surface area contributed by atoms with E-state index in [0.717, 1.165) is 0 Å². The number of fused-ring (bicyclic) bond motifs is 1. The first-order valence-electron chi connectivity index (χ1n) is 5.09. The Hall–Kier alpha value is -1.38. The zero-order valence-corrected chi connectivity index (χ0v) is 8.95. The number of carbonyl (C=O) groups excluding carboxylic acids is 2. The molecule has 0 spiro atoms. The minimum Gasteiger partial charge on any atom is -0.493 e. The van der Waals surface area contributed by atoms with E-state index in [9.17, 15) is 9.59 Å². The normalized spacial score (nSPS) is 34.8. The minimum absolute atomic E-state index is 0.00769. The van der Waals surface area contributed by atoms with E-state index in [0.29, 0.717) is 12.8 Å². The first-order chi connectivity index (χ1) is 7.09. The minimum atomic E-state index is -0.548. The summed E-state index contributed by atoms with van der Waals surface area (Å²) >= 11 is 0. The number of rotatable bonds is 1.